The number of halogens is 4. The van der Waals surface area contributed by atoms with Gasteiger partial charge in [-0.15, -0.1) is 0 Å². The maximum absolute atomic E-state index is 12.9. The Bertz CT molecular complexity index is 881. The molecule has 3 heterocycles. The highest BCUT2D eigenvalue weighted by atomic mass is 35.5. The molecule has 27 heavy (non-hydrogen) atoms. The lowest BCUT2D eigenvalue weighted by Gasteiger charge is -2.26. The number of aromatic nitrogens is 2. The third kappa shape index (κ3) is 3.76. The van der Waals surface area contributed by atoms with Gasteiger partial charge < -0.3 is 14.6 Å². The highest BCUT2D eigenvalue weighted by Gasteiger charge is 2.41. The minimum Gasteiger partial charge on any atom is -0.491 e. The monoisotopic (exact) mass is 399 g/mol. The van der Waals surface area contributed by atoms with Gasteiger partial charge in [0.15, 0.2) is 0 Å². The van der Waals surface area contributed by atoms with E-state index in [1.807, 2.05) is 0 Å². The van der Waals surface area contributed by atoms with Crippen LogP contribution in [0.15, 0.2) is 24.4 Å². The minimum atomic E-state index is -4.24. The van der Waals surface area contributed by atoms with Gasteiger partial charge >= 0.3 is 6.18 Å². The molecule has 1 aromatic carbocycles. The van der Waals surface area contributed by atoms with Crippen LogP contribution >= 0.6 is 11.6 Å². The highest BCUT2D eigenvalue weighted by Crippen LogP contribution is 2.34. The van der Waals surface area contributed by atoms with E-state index in [2.05, 4.69) is 10.3 Å². The first kappa shape index (κ1) is 18.2. The number of imidazole rings is 1. The third-order valence-electron chi connectivity index (χ3n) is 4.95. The summed E-state index contributed by atoms with van der Waals surface area (Å²) in [5.41, 5.74) is 1.03. The zero-order valence-corrected chi connectivity index (χ0v) is 15.0. The van der Waals surface area contributed by atoms with E-state index in [1.165, 1.54) is 10.8 Å². The summed E-state index contributed by atoms with van der Waals surface area (Å²) in [5.74, 6) is -0.569. The number of carbonyl (C=O) groups excluding carboxylic acids is 1. The molecule has 2 atom stereocenters. The normalized spacial score (nSPS) is 21.8. The molecule has 0 bridgehead atoms. The van der Waals surface area contributed by atoms with Crippen LogP contribution < -0.4 is 10.1 Å². The lowest BCUT2D eigenvalue weighted by atomic mass is 9.99. The van der Waals surface area contributed by atoms with Crippen molar-refractivity contribution in [3.05, 3.63) is 46.5 Å². The predicted octanol–water partition coefficient (Wildman–Crippen LogP) is 3.39. The van der Waals surface area contributed by atoms with Gasteiger partial charge in [0.25, 0.3) is 5.91 Å². The molecular formula is C18H17ClF3N3O2. The van der Waals surface area contributed by atoms with Crippen molar-refractivity contribution in [2.24, 2.45) is 5.92 Å². The highest BCUT2D eigenvalue weighted by molar-refractivity contribution is 6.30. The first-order valence-corrected chi connectivity index (χ1v) is 9.02. The lowest BCUT2D eigenvalue weighted by molar-refractivity contribution is -0.182. The Labute approximate surface area is 158 Å². The fourth-order valence-corrected chi connectivity index (χ4v) is 3.73. The molecule has 0 spiro atoms. The molecule has 1 amide bonds. The van der Waals surface area contributed by atoms with E-state index in [4.69, 9.17) is 16.3 Å². The first-order chi connectivity index (χ1) is 12.8. The van der Waals surface area contributed by atoms with Crippen LogP contribution in [-0.2, 0) is 19.4 Å². The van der Waals surface area contributed by atoms with Crippen LogP contribution in [0.4, 0.5) is 13.2 Å². The van der Waals surface area contributed by atoms with E-state index < -0.39 is 18.0 Å². The Balaban J connectivity index is 1.44. The van der Waals surface area contributed by atoms with Crippen molar-refractivity contribution < 1.29 is 22.7 Å². The van der Waals surface area contributed by atoms with Crippen LogP contribution in [-0.4, -0.2) is 34.3 Å². The van der Waals surface area contributed by atoms with Crippen LogP contribution in [0.5, 0.6) is 5.75 Å². The number of carbonyl (C=O) groups is 1. The van der Waals surface area contributed by atoms with E-state index in [-0.39, 0.29) is 31.1 Å². The van der Waals surface area contributed by atoms with E-state index >= 15 is 0 Å². The average molecular weight is 400 g/mol. The van der Waals surface area contributed by atoms with Crippen molar-refractivity contribution in [3.63, 3.8) is 0 Å². The van der Waals surface area contributed by atoms with Gasteiger partial charge in [0.05, 0.1) is 12.0 Å². The summed E-state index contributed by atoms with van der Waals surface area (Å²) in [6.07, 6.45) is -2.08. The summed E-state index contributed by atoms with van der Waals surface area (Å²) in [6, 6.07) is 5.06. The first-order valence-electron chi connectivity index (χ1n) is 8.64. The Morgan fingerprint density at radius 2 is 2.19 bits per heavy atom. The third-order valence-corrected chi connectivity index (χ3v) is 5.19. The molecule has 0 radical (unpaired) electrons. The van der Waals surface area contributed by atoms with E-state index in [0.717, 1.165) is 11.3 Å². The van der Waals surface area contributed by atoms with Gasteiger partial charge in [-0.1, -0.05) is 11.6 Å². The molecule has 0 saturated carbocycles. The smallest absolute Gasteiger partial charge is 0.393 e. The van der Waals surface area contributed by atoms with Gasteiger partial charge in [0.1, 0.15) is 23.9 Å². The number of fused-ring (bicyclic) bond motifs is 2. The predicted molar refractivity (Wildman–Crippen MR) is 92.0 cm³/mol. The molecule has 0 aliphatic carbocycles. The number of rotatable bonds is 2. The van der Waals surface area contributed by atoms with Crippen LogP contribution in [0, 0.1) is 5.92 Å². The minimum absolute atomic E-state index is 0.00438. The second-order valence-corrected chi connectivity index (χ2v) is 7.35. The number of hydrogen-bond donors (Lipinski definition) is 1. The van der Waals surface area contributed by atoms with Crippen molar-refractivity contribution in [2.45, 2.75) is 38.0 Å². The fraction of sp³-hybridized carbons (Fsp3) is 0.444. The summed E-state index contributed by atoms with van der Waals surface area (Å²) in [4.78, 5) is 16.7. The molecule has 2 aliphatic rings. The van der Waals surface area contributed by atoms with Crippen molar-refractivity contribution in [1.82, 2.24) is 14.9 Å². The Morgan fingerprint density at radius 1 is 1.37 bits per heavy atom. The fourth-order valence-electron chi connectivity index (χ4n) is 3.54. The number of nitrogens with zero attached hydrogens (tertiary/aromatic N) is 2. The topological polar surface area (TPSA) is 56.1 Å². The van der Waals surface area contributed by atoms with Crippen LogP contribution in [0.3, 0.4) is 0 Å². The lowest BCUT2D eigenvalue weighted by Crippen LogP contribution is -2.42. The molecule has 1 unspecified atom stereocenters. The molecule has 5 nitrogen and oxygen atoms in total. The summed E-state index contributed by atoms with van der Waals surface area (Å²) in [7, 11) is 0. The number of nitrogens with one attached hydrogen (secondary N) is 1. The Morgan fingerprint density at radius 3 is 2.96 bits per heavy atom. The van der Waals surface area contributed by atoms with Gasteiger partial charge in [-0.2, -0.15) is 13.2 Å². The second-order valence-electron chi connectivity index (χ2n) is 6.91. The standard InChI is InChI=1S/C18H17ClF3N3O2/c19-12-2-3-15-10(5-12)6-13(9-27-15)23-17(26)14-8-25-7-11(18(20,21)22)1-4-16(25)24-14/h2-3,5,8,11,13H,1,4,6-7,9H2,(H,23,26)/t11?,13-/m1/s1. The number of amides is 1. The Hall–Kier alpha value is -2.22. The van der Waals surface area contributed by atoms with E-state index in [0.29, 0.717) is 23.9 Å². The van der Waals surface area contributed by atoms with Crippen LogP contribution in [0.25, 0.3) is 0 Å². The van der Waals surface area contributed by atoms with Crippen LogP contribution in [0.2, 0.25) is 5.02 Å². The van der Waals surface area contributed by atoms with Gasteiger partial charge in [-0.05, 0) is 36.6 Å². The molecule has 1 N–H and O–H groups in total. The summed E-state index contributed by atoms with van der Waals surface area (Å²) in [6.45, 7) is 0.113. The van der Waals surface area contributed by atoms with Crippen molar-refractivity contribution >= 4 is 17.5 Å². The molecule has 0 fully saturated rings. The SMILES string of the molecule is O=C(N[C@H]1COc2ccc(Cl)cc2C1)c1cn2c(n1)CCC(C(F)(F)F)C2. The van der Waals surface area contributed by atoms with Crippen molar-refractivity contribution in [2.75, 3.05) is 6.61 Å². The number of benzene rings is 1. The molecule has 2 aromatic rings. The van der Waals surface area contributed by atoms with Crippen molar-refractivity contribution in [1.29, 1.82) is 0 Å². The van der Waals surface area contributed by atoms with Gasteiger partial charge in [-0.25, -0.2) is 4.98 Å². The van der Waals surface area contributed by atoms with Gasteiger partial charge in [-0.3, -0.25) is 4.79 Å². The van der Waals surface area contributed by atoms with E-state index in [1.54, 1.807) is 18.2 Å². The zero-order valence-electron chi connectivity index (χ0n) is 14.2. The molecule has 0 saturated heterocycles. The van der Waals surface area contributed by atoms with E-state index in [9.17, 15) is 18.0 Å². The number of aryl methyl sites for hydroxylation is 1. The second kappa shape index (κ2) is 6.74. The quantitative estimate of drug-likeness (QED) is 0.842. The van der Waals surface area contributed by atoms with Crippen molar-refractivity contribution in [3.8, 4) is 5.75 Å². The molecule has 144 valence electrons. The average Bonchev–Trinajstić information content (AvgIpc) is 3.04. The number of ether oxygens (including phenoxy) is 1. The number of hydrogen-bond acceptors (Lipinski definition) is 3. The Kier molecular flexibility index (Phi) is 4.53. The number of alkyl halides is 3. The largest absolute Gasteiger partial charge is 0.491 e. The molecular weight excluding hydrogens is 383 g/mol. The summed E-state index contributed by atoms with van der Waals surface area (Å²) >= 11 is 5.99. The maximum Gasteiger partial charge on any atom is 0.393 e. The van der Waals surface area contributed by atoms with Crippen LogP contribution in [0.1, 0.15) is 28.3 Å². The zero-order chi connectivity index (χ0) is 19.2. The molecule has 1 aromatic heterocycles. The molecule has 9 heteroatoms. The van der Waals surface area contributed by atoms with Gasteiger partial charge in [0, 0.05) is 24.2 Å². The summed E-state index contributed by atoms with van der Waals surface area (Å²) < 4.78 is 45.8. The maximum atomic E-state index is 12.9. The molecule has 4 rings (SSSR count). The molecule has 2 aliphatic heterocycles. The summed E-state index contributed by atoms with van der Waals surface area (Å²) in [5, 5.41) is 3.43. The van der Waals surface area contributed by atoms with Gasteiger partial charge in [0.2, 0.25) is 0 Å².